The molecule has 1 aromatic heterocycles. The van der Waals surface area contributed by atoms with Crippen molar-refractivity contribution in [1.82, 2.24) is 23.4 Å². The lowest BCUT2D eigenvalue weighted by molar-refractivity contribution is -0.131. The molecule has 3 N–H and O–H groups in total. The molecule has 0 bridgehead atoms. The van der Waals surface area contributed by atoms with Crippen molar-refractivity contribution in [2.75, 3.05) is 41.3 Å². The lowest BCUT2D eigenvalue weighted by Crippen LogP contribution is -2.56. The summed E-state index contributed by atoms with van der Waals surface area (Å²) in [5.74, 6) is 0.519. The van der Waals surface area contributed by atoms with E-state index in [2.05, 4.69) is 41.2 Å². The Bertz CT molecular complexity index is 1680. The first-order valence-corrected chi connectivity index (χ1v) is 17.7. The zero-order chi connectivity index (χ0) is 32.9. The third kappa shape index (κ3) is 5.95. The van der Waals surface area contributed by atoms with E-state index in [1.165, 1.54) is 30.4 Å². The number of fused-ring (bicyclic) bond motifs is 5. The first-order valence-electron chi connectivity index (χ1n) is 16.2. The molecule has 2 aliphatic heterocycles. The van der Waals surface area contributed by atoms with Gasteiger partial charge in [0, 0.05) is 66.9 Å². The number of hydrogen-bond acceptors (Lipinski definition) is 7. The Hall–Kier alpha value is -3.35. The number of piperazine rings is 1. The third-order valence-electron chi connectivity index (χ3n) is 10.2. The molecule has 0 radical (unpaired) electrons. The maximum absolute atomic E-state index is 14.4. The zero-order valence-corrected chi connectivity index (χ0v) is 28.6. The van der Waals surface area contributed by atoms with Crippen molar-refractivity contribution in [3.63, 3.8) is 0 Å². The van der Waals surface area contributed by atoms with E-state index in [9.17, 15) is 18.7 Å². The van der Waals surface area contributed by atoms with Gasteiger partial charge in [0.2, 0.25) is 0 Å². The molecule has 2 amide bonds. The van der Waals surface area contributed by atoms with Crippen molar-refractivity contribution < 1.29 is 23.4 Å². The van der Waals surface area contributed by atoms with Crippen molar-refractivity contribution in [3.05, 3.63) is 58.7 Å². The van der Waals surface area contributed by atoms with Crippen molar-refractivity contribution in [2.24, 2.45) is 0 Å². The molecule has 10 nitrogen and oxygen atoms in total. The largest absolute Gasteiger partial charge is 0.497 e. The van der Waals surface area contributed by atoms with Crippen molar-refractivity contribution in [1.29, 1.82) is 0 Å². The molecule has 2 atom stereocenters. The molecule has 3 heterocycles. The van der Waals surface area contributed by atoms with Gasteiger partial charge in [0.15, 0.2) is 0 Å². The number of rotatable bonds is 6. The van der Waals surface area contributed by atoms with Crippen molar-refractivity contribution in [3.8, 4) is 17.0 Å². The standard InChI is InChI=1S/C35H47N5O5S/c1-22-19-39(20-23(2)38(22)5)35(42)27-16-26-17-28(45-6)13-15-29(26)33-32(24-10-8-7-9-11-24)30-14-12-25(18-31(30)40(33)21-27)34(41)36-46(43,44)37(3)4/h12-18,22-24,43-44H,7-11,19-21H2,1-6H3,(H,36,41)/t22-,23+. The van der Waals surface area contributed by atoms with Crippen LogP contribution in [0.3, 0.4) is 0 Å². The van der Waals surface area contributed by atoms with Gasteiger partial charge in [-0.3, -0.25) is 23.6 Å². The fraction of sp³-hybridized carbons (Fsp3) is 0.486. The summed E-state index contributed by atoms with van der Waals surface area (Å²) in [5.41, 5.74) is 6.17. The number of ether oxygens (including phenoxy) is 1. The van der Waals surface area contributed by atoms with Crippen LogP contribution in [0.4, 0.5) is 0 Å². The smallest absolute Gasteiger partial charge is 0.270 e. The average Bonchev–Trinajstić information content (AvgIpc) is 3.25. The second kappa shape index (κ2) is 12.7. The highest BCUT2D eigenvalue weighted by Gasteiger charge is 2.34. The first-order chi connectivity index (χ1) is 21.9. The molecule has 1 saturated carbocycles. The van der Waals surface area contributed by atoms with E-state index >= 15 is 0 Å². The predicted molar refractivity (Wildman–Crippen MR) is 185 cm³/mol. The SMILES string of the molecule is COc1ccc2c(c1)C=C(C(=O)N1C[C@@H](C)N(C)[C@@H](C)C1)Cn1c-2c(C2CCCCC2)c2ccc(C(=O)NS(O)(O)N(C)C)cc21. The summed E-state index contributed by atoms with van der Waals surface area (Å²) in [5, 5.41) is 1.06. The van der Waals surface area contributed by atoms with Crippen LogP contribution in [0, 0.1) is 0 Å². The highest BCUT2D eigenvalue weighted by molar-refractivity contribution is 8.21. The molecule has 1 aliphatic carbocycles. The number of benzene rings is 2. The van der Waals surface area contributed by atoms with Gasteiger partial charge in [-0.2, -0.15) is 4.31 Å². The van der Waals surface area contributed by atoms with Gasteiger partial charge >= 0.3 is 0 Å². The van der Waals surface area contributed by atoms with Gasteiger partial charge in [-0.25, -0.2) is 4.72 Å². The number of likely N-dealkylation sites (N-methyl/N-ethyl adjacent to an activating group) is 1. The summed E-state index contributed by atoms with van der Waals surface area (Å²) < 4.78 is 32.3. The molecule has 248 valence electrons. The van der Waals surface area contributed by atoms with E-state index in [1.807, 2.05) is 35.2 Å². The van der Waals surface area contributed by atoms with E-state index < -0.39 is 16.9 Å². The molecule has 3 aromatic rings. The van der Waals surface area contributed by atoms with E-state index in [-0.39, 0.29) is 18.0 Å². The molecule has 1 saturated heterocycles. The van der Waals surface area contributed by atoms with Crippen LogP contribution in [0.25, 0.3) is 28.2 Å². The molecule has 2 fully saturated rings. The first kappa shape index (κ1) is 32.6. The second-order valence-corrected chi connectivity index (χ2v) is 15.3. The molecule has 46 heavy (non-hydrogen) atoms. The molecule has 6 rings (SSSR count). The number of methoxy groups -OCH3 is 1. The summed E-state index contributed by atoms with van der Waals surface area (Å²) in [4.78, 5) is 32.0. The molecule has 0 unspecified atom stereocenters. The summed E-state index contributed by atoms with van der Waals surface area (Å²) >= 11 is 0. The van der Waals surface area contributed by atoms with E-state index in [0.717, 1.165) is 59.2 Å². The monoisotopic (exact) mass is 649 g/mol. The van der Waals surface area contributed by atoms with Crippen LogP contribution in [0.5, 0.6) is 5.75 Å². The quantitative estimate of drug-likeness (QED) is 0.292. The lowest BCUT2D eigenvalue weighted by atomic mass is 9.81. The van der Waals surface area contributed by atoms with Crippen LogP contribution in [0.2, 0.25) is 0 Å². The topological polar surface area (TPSA) is 111 Å². The Morgan fingerprint density at radius 1 is 1.00 bits per heavy atom. The van der Waals surface area contributed by atoms with Crippen molar-refractivity contribution in [2.45, 2.75) is 70.5 Å². The summed E-state index contributed by atoms with van der Waals surface area (Å²) in [6.45, 7) is 5.96. The predicted octanol–water partition coefficient (Wildman–Crippen LogP) is 6.18. The normalized spacial score (nSPS) is 21.4. The summed E-state index contributed by atoms with van der Waals surface area (Å²) in [7, 11) is 3.30. The van der Waals surface area contributed by atoms with E-state index in [1.54, 1.807) is 13.2 Å². The van der Waals surface area contributed by atoms with E-state index in [4.69, 9.17) is 4.74 Å². The summed E-state index contributed by atoms with van der Waals surface area (Å²) in [6, 6.07) is 12.2. The van der Waals surface area contributed by atoms with Gasteiger partial charge in [0.1, 0.15) is 5.75 Å². The molecule has 3 aliphatic rings. The number of carbonyl (C=O) groups is 2. The Kier molecular flexibility index (Phi) is 8.99. The van der Waals surface area contributed by atoms with Gasteiger partial charge in [-0.05, 0) is 87.2 Å². The minimum absolute atomic E-state index is 0.0170. The highest BCUT2D eigenvalue weighted by Crippen LogP contribution is 2.47. The van der Waals surface area contributed by atoms with E-state index in [0.29, 0.717) is 36.7 Å². The number of carbonyl (C=O) groups excluding carboxylic acids is 2. The average molecular weight is 650 g/mol. The minimum Gasteiger partial charge on any atom is -0.497 e. The summed E-state index contributed by atoms with van der Waals surface area (Å²) in [6.07, 6.45) is 7.75. The minimum atomic E-state index is -3.47. The number of amides is 2. The Labute approximate surface area is 273 Å². The van der Waals surface area contributed by atoms with Crippen LogP contribution < -0.4 is 9.46 Å². The Morgan fingerprint density at radius 2 is 1.70 bits per heavy atom. The number of nitrogens with one attached hydrogen (secondary N) is 1. The van der Waals surface area contributed by atoms with Gasteiger partial charge in [0.05, 0.1) is 19.3 Å². The van der Waals surface area contributed by atoms with Gasteiger partial charge in [0.25, 0.3) is 11.8 Å². The van der Waals surface area contributed by atoms with Gasteiger partial charge < -0.3 is 14.2 Å². The molecule has 11 heteroatoms. The molecular formula is C35H47N5O5S. The Morgan fingerprint density at radius 3 is 2.35 bits per heavy atom. The van der Waals surface area contributed by atoms with Crippen LogP contribution >= 0.6 is 11.0 Å². The number of hydrogen-bond donors (Lipinski definition) is 3. The fourth-order valence-electron chi connectivity index (χ4n) is 7.36. The second-order valence-electron chi connectivity index (χ2n) is 13.4. The molecule has 0 spiro atoms. The van der Waals surface area contributed by atoms with Crippen LogP contribution in [-0.2, 0) is 11.3 Å². The number of aromatic nitrogens is 1. The fourth-order valence-corrected chi connectivity index (χ4v) is 7.91. The van der Waals surface area contributed by atoms with Crippen molar-refractivity contribution >= 4 is 39.8 Å². The maximum atomic E-state index is 14.4. The lowest BCUT2D eigenvalue weighted by Gasteiger charge is -2.42. The van der Waals surface area contributed by atoms with Crippen LogP contribution in [0.1, 0.15) is 73.4 Å². The van der Waals surface area contributed by atoms with Crippen LogP contribution in [-0.4, -0.2) is 93.0 Å². The maximum Gasteiger partial charge on any atom is 0.270 e. The Balaban J connectivity index is 1.54. The van der Waals surface area contributed by atoms with Gasteiger partial charge in [-0.1, -0.05) is 36.3 Å². The third-order valence-corrected chi connectivity index (χ3v) is 11.7. The molecular weight excluding hydrogens is 602 g/mol. The number of nitrogens with zero attached hydrogens (tertiary/aromatic N) is 4. The van der Waals surface area contributed by atoms with Crippen LogP contribution in [0.15, 0.2) is 42.0 Å². The van der Waals surface area contributed by atoms with Gasteiger partial charge in [-0.15, -0.1) is 0 Å². The zero-order valence-electron chi connectivity index (χ0n) is 27.7. The highest BCUT2D eigenvalue weighted by atomic mass is 32.3. The molecule has 2 aromatic carbocycles.